The third-order valence-electron chi connectivity index (χ3n) is 3.36. The fourth-order valence-corrected chi connectivity index (χ4v) is 3.34. The second kappa shape index (κ2) is 10.3. The molecule has 138 valence electrons. The van der Waals surface area contributed by atoms with Crippen LogP contribution in [0.2, 0.25) is 10.0 Å². The zero-order valence-corrected chi connectivity index (χ0v) is 16.4. The zero-order valence-electron chi connectivity index (χ0n) is 14.1. The third-order valence-corrected chi connectivity index (χ3v) is 4.92. The van der Waals surface area contributed by atoms with E-state index in [9.17, 15) is 9.59 Å². The number of amides is 2. The van der Waals surface area contributed by atoms with Crippen LogP contribution in [0.1, 0.15) is 11.1 Å². The Morgan fingerprint density at radius 2 is 1.96 bits per heavy atom. The summed E-state index contributed by atoms with van der Waals surface area (Å²) in [5, 5.41) is 6.57. The highest BCUT2D eigenvalue weighted by Gasteiger charge is 2.06. The number of anilines is 1. The van der Waals surface area contributed by atoms with Crippen molar-refractivity contribution in [3.8, 4) is 0 Å². The van der Waals surface area contributed by atoms with Crippen LogP contribution in [0.15, 0.2) is 42.5 Å². The Morgan fingerprint density at radius 1 is 1.15 bits per heavy atom. The molecule has 2 N–H and O–H groups in total. The van der Waals surface area contributed by atoms with Crippen LogP contribution in [-0.2, 0) is 21.8 Å². The lowest BCUT2D eigenvalue weighted by Crippen LogP contribution is -2.28. The lowest BCUT2D eigenvalue weighted by Gasteiger charge is -2.10. The first-order valence-electron chi connectivity index (χ1n) is 7.70. The molecule has 5 nitrogen and oxygen atoms in total. The van der Waals surface area contributed by atoms with Gasteiger partial charge in [-0.25, -0.2) is 4.79 Å². The molecule has 0 atom stereocenters. The molecular weight excluding hydrogens is 395 g/mol. The van der Waals surface area contributed by atoms with E-state index >= 15 is 0 Å². The molecule has 0 radical (unpaired) electrons. The van der Waals surface area contributed by atoms with Crippen LogP contribution >= 0.6 is 35.0 Å². The molecule has 0 saturated heterocycles. The Labute approximate surface area is 166 Å². The fourth-order valence-electron chi connectivity index (χ4n) is 2.07. The first-order valence-corrected chi connectivity index (χ1v) is 9.61. The number of halogens is 2. The first kappa shape index (κ1) is 20.4. The summed E-state index contributed by atoms with van der Waals surface area (Å²) in [6.45, 7) is 0.288. The van der Waals surface area contributed by atoms with E-state index < -0.39 is 0 Å². The molecule has 0 fully saturated rings. The number of esters is 1. The lowest BCUT2D eigenvalue weighted by molar-refractivity contribution is -0.137. The maximum absolute atomic E-state index is 12.1. The van der Waals surface area contributed by atoms with E-state index in [0.29, 0.717) is 21.5 Å². The van der Waals surface area contributed by atoms with Crippen LogP contribution in [0.25, 0.3) is 0 Å². The van der Waals surface area contributed by atoms with Crippen LogP contribution in [0.4, 0.5) is 10.5 Å². The minimum atomic E-state index is -0.338. The summed E-state index contributed by atoms with van der Waals surface area (Å²) in [6.07, 6.45) is 0. The zero-order chi connectivity index (χ0) is 18.9. The van der Waals surface area contributed by atoms with Gasteiger partial charge in [0, 0.05) is 28.0 Å². The van der Waals surface area contributed by atoms with Crippen molar-refractivity contribution >= 4 is 52.7 Å². The van der Waals surface area contributed by atoms with Crippen LogP contribution in [-0.4, -0.2) is 24.9 Å². The molecule has 0 aliphatic heterocycles. The molecule has 2 aromatic rings. The molecule has 2 aromatic carbocycles. The van der Waals surface area contributed by atoms with E-state index in [2.05, 4.69) is 15.4 Å². The number of benzene rings is 2. The summed E-state index contributed by atoms with van der Waals surface area (Å²) in [4.78, 5) is 23.2. The van der Waals surface area contributed by atoms with Crippen molar-refractivity contribution in [2.45, 2.75) is 12.3 Å². The van der Waals surface area contributed by atoms with Crippen molar-refractivity contribution in [3.05, 3.63) is 63.6 Å². The molecule has 26 heavy (non-hydrogen) atoms. The number of ether oxygens (including phenoxy) is 1. The summed E-state index contributed by atoms with van der Waals surface area (Å²) >= 11 is 13.4. The topological polar surface area (TPSA) is 67.4 Å². The highest BCUT2D eigenvalue weighted by Crippen LogP contribution is 2.21. The number of methoxy groups -OCH3 is 1. The molecule has 2 amide bonds. The minimum Gasteiger partial charge on any atom is -0.468 e. The largest absolute Gasteiger partial charge is 0.468 e. The molecule has 8 heteroatoms. The van der Waals surface area contributed by atoms with Gasteiger partial charge in [0.05, 0.1) is 12.9 Å². The SMILES string of the molecule is COC(=O)CSCc1cccc(NC(=O)NCc2ccc(Cl)cc2Cl)c1. The van der Waals surface area contributed by atoms with Gasteiger partial charge in [0.25, 0.3) is 0 Å². The van der Waals surface area contributed by atoms with Gasteiger partial charge in [-0.1, -0.05) is 41.4 Å². The van der Waals surface area contributed by atoms with Crippen LogP contribution in [0.5, 0.6) is 0 Å². The van der Waals surface area contributed by atoms with Gasteiger partial charge in [-0.3, -0.25) is 4.79 Å². The van der Waals surface area contributed by atoms with Crippen molar-refractivity contribution in [2.24, 2.45) is 0 Å². The third kappa shape index (κ3) is 6.78. The second-order valence-electron chi connectivity index (χ2n) is 5.31. The van der Waals surface area contributed by atoms with Crippen LogP contribution < -0.4 is 10.6 Å². The van der Waals surface area contributed by atoms with Crippen molar-refractivity contribution in [1.29, 1.82) is 0 Å². The number of carbonyl (C=O) groups is 2. The van der Waals surface area contributed by atoms with E-state index in [1.54, 1.807) is 24.3 Å². The predicted octanol–water partition coefficient (Wildman–Crippen LogP) is 4.72. The normalized spacial score (nSPS) is 10.3. The van der Waals surface area contributed by atoms with Crippen LogP contribution in [0, 0.1) is 0 Å². The molecule has 0 aromatic heterocycles. The summed E-state index contributed by atoms with van der Waals surface area (Å²) in [5.41, 5.74) is 2.44. The van der Waals surface area contributed by atoms with Gasteiger partial charge >= 0.3 is 12.0 Å². The van der Waals surface area contributed by atoms with Crippen molar-refractivity contribution < 1.29 is 14.3 Å². The number of carbonyl (C=O) groups excluding carboxylic acids is 2. The predicted molar refractivity (Wildman–Crippen MR) is 107 cm³/mol. The second-order valence-corrected chi connectivity index (χ2v) is 7.14. The Morgan fingerprint density at radius 3 is 2.69 bits per heavy atom. The summed E-state index contributed by atoms with van der Waals surface area (Å²) in [7, 11) is 1.36. The van der Waals surface area contributed by atoms with E-state index in [0.717, 1.165) is 11.1 Å². The van der Waals surface area contributed by atoms with Gasteiger partial charge in [0.15, 0.2) is 0 Å². The standard InChI is InChI=1S/C18H18Cl2N2O3S/c1-25-17(23)11-26-10-12-3-2-4-15(7-12)22-18(24)21-9-13-5-6-14(19)8-16(13)20/h2-8H,9-11H2,1H3,(H2,21,22,24). The Hall–Kier alpha value is -1.89. The smallest absolute Gasteiger partial charge is 0.319 e. The average molecular weight is 413 g/mol. The molecule has 0 aliphatic rings. The molecule has 2 rings (SSSR count). The van der Waals surface area contributed by atoms with Gasteiger partial charge in [-0.05, 0) is 35.4 Å². The summed E-state index contributed by atoms with van der Waals surface area (Å²) in [5.74, 6) is 0.674. The van der Waals surface area contributed by atoms with Gasteiger partial charge in [0.1, 0.15) is 0 Å². The monoisotopic (exact) mass is 412 g/mol. The Bertz CT molecular complexity index is 787. The Balaban J connectivity index is 1.84. The van der Waals surface area contributed by atoms with Crippen LogP contribution in [0.3, 0.4) is 0 Å². The molecule has 0 heterocycles. The van der Waals surface area contributed by atoms with Gasteiger partial charge in [-0.2, -0.15) is 0 Å². The van der Waals surface area contributed by atoms with Crippen molar-refractivity contribution in [2.75, 3.05) is 18.2 Å². The fraction of sp³-hybridized carbons (Fsp3) is 0.222. The van der Waals surface area contributed by atoms with Crippen molar-refractivity contribution in [3.63, 3.8) is 0 Å². The van der Waals surface area contributed by atoms with Gasteiger partial charge in [0.2, 0.25) is 0 Å². The maximum Gasteiger partial charge on any atom is 0.319 e. The summed E-state index contributed by atoms with van der Waals surface area (Å²) < 4.78 is 4.60. The number of thioether (sulfide) groups is 1. The molecular formula is C18H18Cl2N2O3S. The number of rotatable bonds is 7. The summed E-state index contributed by atoms with van der Waals surface area (Å²) in [6, 6.07) is 12.2. The van der Waals surface area contributed by atoms with Gasteiger partial charge < -0.3 is 15.4 Å². The molecule has 0 aliphatic carbocycles. The molecule has 0 bridgehead atoms. The molecule has 0 unspecified atom stereocenters. The highest BCUT2D eigenvalue weighted by molar-refractivity contribution is 7.99. The average Bonchev–Trinajstić information content (AvgIpc) is 2.61. The quantitative estimate of drug-likeness (QED) is 0.645. The van der Waals surface area contributed by atoms with Crippen molar-refractivity contribution in [1.82, 2.24) is 5.32 Å². The maximum atomic E-state index is 12.1. The van der Waals surface area contributed by atoms with E-state index in [4.69, 9.17) is 23.2 Å². The van der Waals surface area contributed by atoms with E-state index in [-0.39, 0.29) is 24.3 Å². The number of urea groups is 1. The number of hydrogen-bond donors (Lipinski definition) is 2. The number of hydrogen-bond acceptors (Lipinski definition) is 4. The number of nitrogens with one attached hydrogen (secondary N) is 2. The molecule has 0 saturated carbocycles. The lowest BCUT2D eigenvalue weighted by atomic mass is 10.2. The molecule has 0 spiro atoms. The van der Waals surface area contributed by atoms with E-state index in [1.807, 2.05) is 18.2 Å². The van der Waals surface area contributed by atoms with Gasteiger partial charge in [-0.15, -0.1) is 11.8 Å². The first-order chi connectivity index (χ1) is 12.5. The Kier molecular flexibility index (Phi) is 8.09. The highest BCUT2D eigenvalue weighted by atomic mass is 35.5. The van der Waals surface area contributed by atoms with E-state index in [1.165, 1.54) is 18.9 Å². The minimum absolute atomic E-state index is 0.260.